The number of hydrogen-bond donors (Lipinski definition) is 2. The number of nitrogens with one attached hydrogen (secondary N) is 2. The molecule has 6 nitrogen and oxygen atoms in total. The van der Waals surface area contributed by atoms with Crippen LogP contribution in [0.1, 0.15) is 15.9 Å². The van der Waals surface area contributed by atoms with E-state index in [2.05, 4.69) is 15.6 Å². The number of hydrogen-bond acceptors (Lipinski definition) is 5. The number of methoxy groups -OCH3 is 2. The van der Waals surface area contributed by atoms with E-state index in [1.165, 1.54) is 6.20 Å². The van der Waals surface area contributed by atoms with Crippen LogP contribution in [0, 0.1) is 6.92 Å². The molecule has 0 saturated carbocycles. The van der Waals surface area contributed by atoms with E-state index in [1.807, 2.05) is 19.1 Å². The first kappa shape index (κ1) is 19.5. The molecule has 0 aliphatic carbocycles. The molecular weight excluding hydrogens is 378 g/mol. The number of anilines is 3. The van der Waals surface area contributed by atoms with Crippen molar-refractivity contribution < 1.29 is 14.3 Å². The molecule has 0 atom stereocenters. The lowest BCUT2D eigenvalue weighted by Gasteiger charge is -2.12. The van der Waals surface area contributed by atoms with Crippen LogP contribution in [0.5, 0.6) is 11.5 Å². The van der Waals surface area contributed by atoms with Crippen LogP contribution >= 0.6 is 11.6 Å². The SMILES string of the molecule is COc1ccc(Nc2cncc(C(=O)Nc3cc(Cl)ccc3C)c2)cc1OC. The Kier molecular flexibility index (Phi) is 6.01. The Morgan fingerprint density at radius 2 is 1.75 bits per heavy atom. The maximum atomic E-state index is 12.6. The van der Waals surface area contributed by atoms with Gasteiger partial charge in [-0.2, -0.15) is 0 Å². The first-order valence-corrected chi connectivity index (χ1v) is 8.89. The molecule has 0 aliphatic heterocycles. The molecule has 2 aromatic carbocycles. The lowest BCUT2D eigenvalue weighted by atomic mass is 10.2. The van der Waals surface area contributed by atoms with Crippen molar-refractivity contribution in [1.29, 1.82) is 0 Å². The summed E-state index contributed by atoms with van der Waals surface area (Å²) in [5, 5.41) is 6.63. The van der Waals surface area contributed by atoms with Gasteiger partial charge in [-0.15, -0.1) is 0 Å². The summed E-state index contributed by atoms with van der Waals surface area (Å²) in [4.78, 5) is 16.8. The van der Waals surface area contributed by atoms with Crippen LogP contribution in [0.3, 0.4) is 0 Å². The Labute approximate surface area is 168 Å². The molecular formula is C21H20ClN3O3. The highest BCUT2D eigenvalue weighted by atomic mass is 35.5. The van der Waals surface area contributed by atoms with Crippen molar-refractivity contribution in [2.45, 2.75) is 6.92 Å². The number of nitrogens with zero attached hydrogens (tertiary/aromatic N) is 1. The van der Waals surface area contributed by atoms with Gasteiger partial charge in [0.15, 0.2) is 11.5 Å². The predicted octanol–water partition coefficient (Wildman–Crippen LogP) is 5.06. The van der Waals surface area contributed by atoms with Gasteiger partial charge in [-0.3, -0.25) is 9.78 Å². The molecule has 144 valence electrons. The second kappa shape index (κ2) is 8.63. The number of ether oxygens (including phenoxy) is 2. The minimum absolute atomic E-state index is 0.270. The van der Waals surface area contributed by atoms with Crippen molar-refractivity contribution in [3.05, 3.63) is 71.0 Å². The third-order valence-corrected chi connectivity index (χ3v) is 4.36. The molecule has 28 heavy (non-hydrogen) atoms. The van der Waals surface area contributed by atoms with Gasteiger partial charge >= 0.3 is 0 Å². The van der Waals surface area contributed by atoms with Gasteiger partial charge < -0.3 is 20.1 Å². The van der Waals surface area contributed by atoms with Crippen LogP contribution in [0.25, 0.3) is 0 Å². The highest BCUT2D eigenvalue weighted by molar-refractivity contribution is 6.31. The molecule has 0 saturated heterocycles. The minimum atomic E-state index is -0.270. The van der Waals surface area contributed by atoms with E-state index in [0.29, 0.717) is 33.5 Å². The summed E-state index contributed by atoms with van der Waals surface area (Å²) in [5.41, 5.74) is 3.45. The molecule has 1 amide bonds. The average molecular weight is 398 g/mol. The number of rotatable bonds is 6. The van der Waals surface area contributed by atoms with E-state index in [4.69, 9.17) is 21.1 Å². The van der Waals surface area contributed by atoms with Crippen LogP contribution in [0.2, 0.25) is 5.02 Å². The summed E-state index contributed by atoms with van der Waals surface area (Å²) in [6.07, 6.45) is 3.15. The fourth-order valence-electron chi connectivity index (χ4n) is 2.64. The quantitative estimate of drug-likeness (QED) is 0.608. The first-order valence-electron chi connectivity index (χ1n) is 8.52. The van der Waals surface area contributed by atoms with Gasteiger partial charge in [0.2, 0.25) is 0 Å². The topological polar surface area (TPSA) is 72.5 Å². The highest BCUT2D eigenvalue weighted by Gasteiger charge is 2.11. The summed E-state index contributed by atoms with van der Waals surface area (Å²) in [5.74, 6) is 0.968. The minimum Gasteiger partial charge on any atom is -0.493 e. The van der Waals surface area contributed by atoms with Crippen LogP contribution in [-0.4, -0.2) is 25.1 Å². The van der Waals surface area contributed by atoms with E-state index >= 15 is 0 Å². The zero-order valence-corrected chi connectivity index (χ0v) is 16.5. The second-order valence-corrected chi connectivity index (χ2v) is 6.51. The smallest absolute Gasteiger partial charge is 0.257 e. The Bertz CT molecular complexity index is 1010. The fraction of sp³-hybridized carbons (Fsp3) is 0.143. The van der Waals surface area contributed by atoms with E-state index in [1.54, 1.807) is 50.7 Å². The monoisotopic (exact) mass is 397 g/mol. The van der Waals surface area contributed by atoms with E-state index in [-0.39, 0.29) is 5.91 Å². The second-order valence-electron chi connectivity index (χ2n) is 6.07. The number of aryl methyl sites for hydroxylation is 1. The molecule has 0 aliphatic rings. The molecule has 0 spiro atoms. The lowest BCUT2D eigenvalue weighted by Crippen LogP contribution is -2.13. The van der Waals surface area contributed by atoms with E-state index in [9.17, 15) is 4.79 Å². The van der Waals surface area contributed by atoms with Crippen molar-refractivity contribution in [2.75, 3.05) is 24.9 Å². The lowest BCUT2D eigenvalue weighted by molar-refractivity contribution is 0.102. The van der Waals surface area contributed by atoms with Crippen molar-refractivity contribution in [3.8, 4) is 11.5 Å². The molecule has 0 unspecified atom stereocenters. The number of carbonyl (C=O) groups excluding carboxylic acids is 1. The van der Waals surface area contributed by atoms with Crippen molar-refractivity contribution in [3.63, 3.8) is 0 Å². The van der Waals surface area contributed by atoms with Crippen LogP contribution in [0.4, 0.5) is 17.1 Å². The number of amides is 1. The number of aromatic nitrogens is 1. The maximum Gasteiger partial charge on any atom is 0.257 e. The van der Waals surface area contributed by atoms with Crippen LogP contribution < -0.4 is 20.1 Å². The number of pyridine rings is 1. The molecule has 0 radical (unpaired) electrons. The first-order chi connectivity index (χ1) is 13.5. The predicted molar refractivity (Wildman–Crippen MR) is 111 cm³/mol. The van der Waals surface area contributed by atoms with Crippen molar-refractivity contribution in [2.24, 2.45) is 0 Å². The highest BCUT2D eigenvalue weighted by Crippen LogP contribution is 2.31. The van der Waals surface area contributed by atoms with Gasteiger partial charge in [0.05, 0.1) is 31.7 Å². The summed E-state index contributed by atoms with van der Waals surface area (Å²) in [6, 6.07) is 12.5. The maximum absolute atomic E-state index is 12.6. The third kappa shape index (κ3) is 4.53. The standard InChI is InChI=1S/C21H20ClN3O3/c1-13-4-5-15(22)9-18(13)25-21(26)14-8-17(12-23-11-14)24-16-6-7-19(27-2)20(10-16)28-3/h4-12,24H,1-3H3,(H,25,26). The molecule has 3 aromatic rings. The summed E-state index contributed by atoms with van der Waals surface area (Å²) >= 11 is 6.02. The fourth-order valence-corrected chi connectivity index (χ4v) is 2.81. The summed E-state index contributed by atoms with van der Waals surface area (Å²) in [6.45, 7) is 1.90. The van der Waals surface area contributed by atoms with E-state index < -0.39 is 0 Å². The van der Waals surface area contributed by atoms with Crippen molar-refractivity contribution >= 4 is 34.6 Å². The Morgan fingerprint density at radius 1 is 0.964 bits per heavy atom. The van der Waals surface area contributed by atoms with Crippen LogP contribution in [-0.2, 0) is 0 Å². The zero-order chi connectivity index (χ0) is 20.1. The molecule has 0 fully saturated rings. The van der Waals surface area contributed by atoms with Gasteiger partial charge in [-0.05, 0) is 42.8 Å². The molecule has 1 heterocycles. The van der Waals surface area contributed by atoms with Gasteiger partial charge in [0.25, 0.3) is 5.91 Å². The normalized spacial score (nSPS) is 10.3. The molecule has 0 bridgehead atoms. The largest absolute Gasteiger partial charge is 0.493 e. The average Bonchev–Trinajstić information content (AvgIpc) is 2.70. The third-order valence-electron chi connectivity index (χ3n) is 4.12. The summed E-state index contributed by atoms with van der Waals surface area (Å²) < 4.78 is 10.5. The van der Waals surface area contributed by atoms with Gasteiger partial charge in [-0.1, -0.05) is 17.7 Å². The Balaban J connectivity index is 1.78. The molecule has 1 aromatic heterocycles. The van der Waals surface area contributed by atoms with Crippen LogP contribution in [0.15, 0.2) is 54.9 Å². The van der Waals surface area contributed by atoms with Crippen molar-refractivity contribution in [1.82, 2.24) is 4.98 Å². The van der Waals surface area contributed by atoms with E-state index in [0.717, 1.165) is 11.3 Å². The Morgan fingerprint density at radius 3 is 2.50 bits per heavy atom. The molecule has 2 N–H and O–H groups in total. The Hall–Kier alpha value is -3.25. The number of benzene rings is 2. The van der Waals surface area contributed by atoms with Gasteiger partial charge in [0, 0.05) is 28.7 Å². The van der Waals surface area contributed by atoms with Gasteiger partial charge in [-0.25, -0.2) is 0 Å². The molecule has 7 heteroatoms. The zero-order valence-electron chi connectivity index (χ0n) is 15.7. The van der Waals surface area contributed by atoms with Gasteiger partial charge in [0.1, 0.15) is 0 Å². The molecule has 3 rings (SSSR count). The summed E-state index contributed by atoms with van der Waals surface area (Å²) in [7, 11) is 3.16. The number of carbonyl (C=O) groups is 1. The number of halogens is 1.